The molecule has 21 heavy (non-hydrogen) atoms. The molecule has 0 bridgehead atoms. The normalized spacial score (nSPS) is 20.1. The molecule has 108 valence electrons. The maximum atomic E-state index is 11.9. The van der Waals surface area contributed by atoms with Gasteiger partial charge in [0.05, 0.1) is 0 Å². The van der Waals surface area contributed by atoms with Crippen LogP contribution < -0.4 is 5.32 Å². The van der Waals surface area contributed by atoms with Crippen molar-refractivity contribution in [2.24, 2.45) is 5.92 Å². The molecule has 6 heteroatoms. The maximum absolute atomic E-state index is 11.9. The first kappa shape index (κ1) is 14.3. The number of carbonyl (C=O) groups is 1. The summed E-state index contributed by atoms with van der Waals surface area (Å²) in [4.78, 5) is 19.6. The second kappa shape index (κ2) is 6.00. The second-order valence-electron chi connectivity index (χ2n) is 5.07. The van der Waals surface area contributed by atoms with Gasteiger partial charge in [-0.2, -0.15) is 0 Å². The van der Waals surface area contributed by atoms with Crippen molar-refractivity contribution in [1.82, 2.24) is 15.3 Å². The van der Waals surface area contributed by atoms with E-state index in [9.17, 15) is 4.79 Å². The van der Waals surface area contributed by atoms with Gasteiger partial charge in [0.2, 0.25) is 0 Å². The van der Waals surface area contributed by atoms with E-state index in [0.717, 1.165) is 12.0 Å². The van der Waals surface area contributed by atoms with Gasteiger partial charge in [0.15, 0.2) is 0 Å². The van der Waals surface area contributed by atoms with Gasteiger partial charge in [0, 0.05) is 22.8 Å². The highest BCUT2D eigenvalue weighted by Gasteiger charge is 2.39. The Morgan fingerprint density at radius 2 is 2.19 bits per heavy atom. The minimum Gasteiger partial charge on any atom is -0.350 e. The first-order valence-electron chi connectivity index (χ1n) is 6.64. The van der Waals surface area contributed by atoms with E-state index in [-0.39, 0.29) is 5.91 Å². The molecule has 0 spiro atoms. The molecule has 1 heterocycles. The quantitative estimate of drug-likeness (QED) is 0.939. The number of halogens is 2. The minimum absolute atomic E-state index is 0.176. The predicted octanol–water partition coefficient (Wildman–Crippen LogP) is 3.32. The SMILES string of the molecule is O=C(NC[C@@H]1C[C@H]1c1ccc(Cl)cc1Cl)c1ccncn1. The highest BCUT2D eigenvalue weighted by atomic mass is 35.5. The number of benzene rings is 1. The van der Waals surface area contributed by atoms with Gasteiger partial charge in [-0.1, -0.05) is 29.3 Å². The molecule has 0 unspecified atom stereocenters. The van der Waals surface area contributed by atoms with Crippen molar-refractivity contribution < 1.29 is 4.79 Å². The Bertz CT molecular complexity index is 663. The zero-order chi connectivity index (χ0) is 14.8. The van der Waals surface area contributed by atoms with E-state index in [1.165, 1.54) is 6.33 Å². The summed E-state index contributed by atoms with van der Waals surface area (Å²) in [6, 6.07) is 7.16. The average Bonchev–Trinajstić information content (AvgIpc) is 3.25. The fourth-order valence-corrected chi connectivity index (χ4v) is 2.94. The van der Waals surface area contributed by atoms with E-state index in [2.05, 4.69) is 15.3 Å². The van der Waals surface area contributed by atoms with E-state index in [1.54, 1.807) is 18.3 Å². The summed E-state index contributed by atoms with van der Waals surface area (Å²) in [5.41, 5.74) is 1.48. The molecule has 2 atom stereocenters. The van der Waals surface area contributed by atoms with Crippen LogP contribution in [0.4, 0.5) is 0 Å². The van der Waals surface area contributed by atoms with Gasteiger partial charge in [-0.3, -0.25) is 4.79 Å². The van der Waals surface area contributed by atoms with E-state index in [1.807, 2.05) is 12.1 Å². The van der Waals surface area contributed by atoms with Gasteiger partial charge in [-0.25, -0.2) is 9.97 Å². The van der Waals surface area contributed by atoms with Crippen molar-refractivity contribution in [2.45, 2.75) is 12.3 Å². The van der Waals surface area contributed by atoms with Crippen LogP contribution in [0.3, 0.4) is 0 Å². The summed E-state index contributed by atoms with van der Waals surface area (Å²) in [6.07, 6.45) is 3.93. The lowest BCUT2D eigenvalue weighted by Gasteiger charge is -2.06. The first-order chi connectivity index (χ1) is 10.1. The fourth-order valence-electron chi connectivity index (χ4n) is 2.40. The highest BCUT2D eigenvalue weighted by Crippen LogP contribution is 2.49. The molecule has 4 nitrogen and oxygen atoms in total. The fraction of sp³-hybridized carbons (Fsp3) is 0.267. The van der Waals surface area contributed by atoms with Crippen LogP contribution in [-0.2, 0) is 0 Å². The van der Waals surface area contributed by atoms with Gasteiger partial charge in [-0.15, -0.1) is 0 Å². The topological polar surface area (TPSA) is 54.9 Å². The van der Waals surface area contributed by atoms with Crippen LogP contribution in [0, 0.1) is 5.92 Å². The summed E-state index contributed by atoms with van der Waals surface area (Å²) >= 11 is 12.1. The molecule has 1 saturated carbocycles. The zero-order valence-electron chi connectivity index (χ0n) is 11.1. The van der Waals surface area contributed by atoms with Crippen LogP contribution in [0.2, 0.25) is 10.0 Å². The van der Waals surface area contributed by atoms with Crippen molar-refractivity contribution in [3.63, 3.8) is 0 Å². The summed E-state index contributed by atoms with van der Waals surface area (Å²) in [5.74, 6) is 0.625. The van der Waals surface area contributed by atoms with Crippen LogP contribution >= 0.6 is 23.2 Å². The molecule has 0 aliphatic heterocycles. The van der Waals surface area contributed by atoms with E-state index in [4.69, 9.17) is 23.2 Å². The largest absolute Gasteiger partial charge is 0.350 e. The Hall–Kier alpha value is -1.65. The molecular formula is C15H13Cl2N3O. The number of nitrogens with zero attached hydrogens (tertiary/aromatic N) is 2. The third kappa shape index (κ3) is 3.34. The average molecular weight is 322 g/mol. The van der Waals surface area contributed by atoms with Gasteiger partial charge in [-0.05, 0) is 42.0 Å². The zero-order valence-corrected chi connectivity index (χ0v) is 12.6. The lowest BCUT2D eigenvalue weighted by atomic mass is 10.1. The third-order valence-electron chi connectivity index (χ3n) is 3.62. The molecule has 1 aliphatic carbocycles. The van der Waals surface area contributed by atoms with Gasteiger partial charge in [0.25, 0.3) is 5.91 Å². The Labute approximate surface area is 132 Å². The molecule has 0 radical (unpaired) electrons. The molecule has 1 aliphatic rings. The molecule has 3 rings (SSSR count). The first-order valence-corrected chi connectivity index (χ1v) is 7.40. The van der Waals surface area contributed by atoms with Crippen LogP contribution in [0.1, 0.15) is 28.4 Å². The smallest absolute Gasteiger partial charge is 0.270 e. The molecule has 1 aromatic heterocycles. The lowest BCUT2D eigenvalue weighted by molar-refractivity contribution is 0.0946. The monoisotopic (exact) mass is 321 g/mol. The molecule has 0 saturated heterocycles. The summed E-state index contributed by atoms with van der Waals surface area (Å²) < 4.78 is 0. The molecule has 1 amide bonds. The lowest BCUT2D eigenvalue weighted by Crippen LogP contribution is -2.26. The van der Waals surface area contributed by atoms with Crippen LogP contribution in [0.5, 0.6) is 0 Å². The van der Waals surface area contributed by atoms with Crippen molar-refractivity contribution >= 4 is 29.1 Å². The highest BCUT2D eigenvalue weighted by molar-refractivity contribution is 6.35. The second-order valence-corrected chi connectivity index (χ2v) is 5.92. The van der Waals surface area contributed by atoms with Crippen molar-refractivity contribution in [3.8, 4) is 0 Å². The summed E-state index contributed by atoms with van der Waals surface area (Å²) in [7, 11) is 0. The number of aromatic nitrogens is 2. The van der Waals surface area contributed by atoms with Gasteiger partial charge >= 0.3 is 0 Å². The van der Waals surface area contributed by atoms with E-state index < -0.39 is 0 Å². The Balaban J connectivity index is 1.56. The van der Waals surface area contributed by atoms with Gasteiger partial charge < -0.3 is 5.32 Å². The van der Waals surface area contributed by atoms with E-state index >= 15 is 0 Å². The summed E-state index contributed by atoms with van der Waals surface area (Å²) in [6.45, 7) is 0.618. The number of hydrogen-bond donors (Lipinski definition) is 1. The number of rotatable bonds is 4. The van der Waals surface area contributed by atoms with E-state index in [0.29, 0.717) is 34.1 Å². The molecule has 1 N–H and O–H groups in total. The molecule has 2 aromatic rings. The number of nitrogens with one attached hydrogen (secondary N) is 1. The Morgan fingerprint density at radius 3 is 2.90 bits per heavy atom. The Kier molecular flexibility index (Phi) is 4.08. The third-order valence-corrected chi connectivity index (χ3v) is 4.19. The van der Waals surface area contributed by atoms with Crippen molar-refractivity contribution in [2.75, 3.05) is 6.54 Å². The molecular weight excluding hydrogens is 309 g/mol. The number of hydrogen-bond acceptors (Lipinski definition) is 3. The molecule has 1 fully saturated rings. The Morgan fingerprint density at radius 1 is 1.33 bits per heavy atom. The standard InChI is InChI=1S/C15H13Cl2N3O/c16-10-1-2-11(13(17)6-10)12-5-9(12)7-19-15(21)14-3-4-18-8-20-14/h1-4,6,8-9,12H,5,7H2,(H,19,21)/t9-,12+/m0/s1. The predicted molar refractivity (Wildman–Crippen MR) is 81.7 cm³/mol. The number of carbonyl (C=O) groups excluding carboxylic acids is 1. The van der Waals surface area contributed by atoms with Crippen LogP contribution in [0.15, 0.2) is 36.8 Å². The number of amides is 1. The molecule has 1 aromatic carbocycles. The van der Waals surface area contributed by atoms with Crippen LogP contribution in [-0.4, -0.2) is 22.4 Å². The van der Waals surface area contributed by atoms with Gasteiger partial charge in [0.1, 0.15) is 12.0 Å². The van der Waals surface area contributed by atoms with Crippen molar-refractivity contribution in [3.05, 3.63) is 58.1 Å². The van der Waals surface area contributed by atoms with Crippen molar-refractivity contribution in [1.29, 1.82) is 0 Å². The summed E-state index contributed by atoms with van der Waals surface area (Å²) in [5, 5.41) is 4.22. The minimum atomic E-state index is -0.176. The maximum Gasteiger partial charge on any atom is 0.270 e. The van der Waals surface area contributed by atoms with Crippen LogP contribution in [0.25, 0.3) is 0 Å².